The molecule has 2 aliphatic rings. The van der Waals surface area contributed by atoms with Gasteiger partial charge >= 0.3 is 0 Å². The van der Waals surface area contributed by atoms with Crippen molar-refractivity contribution < 1.29 is 13.9 Å². The molecule has 8 nitrogen and oxygen atoms in total. The Morgan fingerprint density at radius 2 is 1.89 bits per heavy atom. The zero-order chi connectivity index (χ0) is 25.7. The number of ether oxygens (including phenoxy) is 1. The lowest BCUT2D eigenvalue weighted by molar-refractivity contribution is 0.0947. The van der Waals surface area contributed by atoms with Crippen LogP contribution >= 0.6 is 0 Å². The molecule has 0 bridgehead atoms. The zero-order valence-electron chi connectivity index (χ0n) is 21.4. The van der Waals surface area contributed by atoms with Gasteiger partial charge in [-0.3, -0.25) is 9.20 Å². The van der Waals surface area contributed by atoms with Crippen molar-refractivity contribution >= 4 is 11.6 Å². The van der Waals surface area contributed by atoms with Gasteiger partial charge < -0.3 is 15.0 Å². The molecule has 0 spiro atoms. The number of carbonyl (C=O) groups excluding carboxylic acids is 1. The number of rotatable bonds is 6. The molecule has 2 fully saturated rings. The maximum Gasteiger partial charge on any atom is 0.254 e. The van der Waals surface area contributed by atoms with Crippen molar-refractivity contribution in [1.82, 2.24) is 29.4 Å². The number of nitrogens with one attached hydrogen (secondary N) is 1. The Balaban J connectivity index is 1.36. The lowest BCUT2D eigenvalue weighted by Crippen LogP contribution is -2.29. The van der Waals surface area contributed by atoms with Crippen molar-refractivity contribution in [3.63, 3.8) is 0 Å². The molecule has 1 saturated heterocycles. The number of pyridine rings is 1. The van der Waals surface area contributed by atoms with Crippen LogP contribution in [0.25, 0.3) is 22.6 Å². The van der Waals surface area contributed by atoms with E-state index in [9.17, 15) is 9.18 Å². The van der Waals surface area contributed by atoms with Crippen molar-refractivity contribution in [2.24, 2.45) is 0 Å². The third-order valence-electron chi connectivity index (χ3n) is 7.58. The molecule has 1 aromatic carbocycles. The first-order valence-electron chi connectivity index (χ1n) is 12.8. The first-order chi connectivity index (χ1) is 17.9. The molecule has 6 rings (SSSR count). The number of fused-ring (bicyclic) bond motifs is 1. The van der Waals surface area contributed by atoms with Gasteiger partial charge in [0.05, 0.1) is 36.4 Å². The van der Waals surface area contributed by atoms with Gasteiger partial charge in [0.2, 0.25) is 0 Å². The molecular weight excluding hydrogens is 471 g/mol. The molecule has 9 heteroatoms. The van der Waals surface area contributed by atoms with E-state index in [4.69, 9.17) is 4.74 Å². The number of likely N-dealkylation sites (tertiary alicyclic amines) is 1. The van der Waals surface area contributed by atoms with Gasteiger partial charge in [0.15, 0.2) is 0 Å². The van der Waals surface area contributed by atoms with Crippen LogP contribution in [0.3, 0.4) is 0 Å². The Morgan fingerprint density at radius 1 is 1.11 bits per heavy atom. The molecule has 4 heterocycles. The van der Waals surface area contributed by atoms with Crippen LogP contribution in [0.15, 0.2) is 43.0 Å². The van der Waals surface area contributed by atoms with Crippen molar-refractivity contribution in [3.8, 4) is 22.7 Å². The Morgan fingerprint density at radius 3 is 2.62 bits per heavy atom. The maximum atomic E-state index is 14.6. The van der Waals surface area contributed by atoms with E-state index < -0.39 is 5.82 Å². The van der Waals surface area contributed by atoms with Gasteiger partial charge in [0, 0.05) is 35.6 Å². The van der Waals surface area contributed by atoms with Crippen LogP contribution in [0.4, 0.5) is 4.39 Å². The summed E-state index contributed by atoms with van der Waals surface area (Å²) >= 11 is 0. The Bertz CT molecular complexity index is 1480. The Kier molecular flexibility index (Phi) is 5.95. The van der Waals surface area contributed by atoms with Crippen molar-refractivity contribution in [3.05, 3.63) is 65.5 Å². The first-order valence-corrected chi connectivity index (χ1v) is 12.8. The summed E-state index contributed by atoms with van der Waals surface area (Å²) in [5.74, 6) is 0.388. The highest BCUT2D eigenvalue weighted by atomic mass is 19.1. The second-order valence-electron chi connectivity index (χ2n) is 10.3. The molecular formula is C28H31FN6O2. The summed E-state index contributed by atoms with van der Waals surface area (Å²) in [6.07, 6.45) is 11.7. The van der Waals surface area contributed by atoms with Gasteiger partial charge in [-0.15, -0.1) is 0 Å². The van der Waals surface area contributed by atoms with E-state index >= 15 is 0 Å². The molecule has 1 N–H and O–H groups in total. The third-order valence-corrected chi connectivity index (χ3v) is 7.58. The van der Waals surface area contributed by atoms with E-state index in [1.54, 1.807) is 24.1 Å². The molecule has 1 saturated carbocycles. The predicted octanol–water partition coefficient (Wildman–Crippen LogP) is 4.34. The van der Waals surface area contributed by atoms with Gasteiger partial charge in [0.1, 0.15) is 17.2 Å². The first kappa shape index (κ1) is 23.7. The predicted molar refractivity (Wildman–Crippen MR) is 139 cm³/mol. The summed E-state index contributed by atoms with van der Waals surface area (Å²) in [6, 6.07) is 5.13. The highest BCUT2D eigenvalue weighted by Crippen LogP contribution is 2.36. The zero-order valence-corrected chi connectivity index (χ0v) is 21.4. The Labute approximate surface area is 215 Å². The second kappa shape index (κ2) is 9.30. The summed E-state index contributed by atoms with van der Waals surface area (Å²) in [5.41, 5.74) is 5.17. The van der Waals surface area contributed by atoms with Crippen LogP contribution in [-0.2, 0) is 0 Å². The normalized spacial score (nSPS) is 16.9. The van der Waals surface area contributed by atoms with Crippen molar-refractivity contribution in [1.29, 1.82) is 0 Å². The van der Waals surface area contributed by atoms with Crippen molar-refractivity contribution in [2.45, 2.75) is 44.6 Å². The van der Waals surface area contributed by atoms with Crippen LogP contribution in [0.2, 0.25) is 0 Å². The van der Waals surface area contributed by atoms with Crippen LogP contribution in [-0.4, -0.2) is 63.3 Å². The van der Waals surface area contributed by atoms with E-state index in [0.29, 0.717) is 17.2 Å². The smallest absolute Gasteiger partial charge is 0.254 e. The largest absolute Gasteiger partial charge is 0.496 e. The minimum absolute atomic E-state index is 0.0363. The highest BCUT2D eigenvalue weighted by molar-refractivity contribution is 5.95. The summed E-state index contributed by atoms with van der Waals surface area (Å²) in [7, 11) is 3.87. The fraction of sp³-hybridized carbons (Fsp3) is 0.393. The van der Waals surface area contributed by atoms with Crippen LogP contribution in [0.1, 0.15) is 53.1 Å². The molecule has 37 heavy (non-hydrogen) atoms. The monoisotopic (exact) mass is 502 g/mol. The molecule has 1 amide bonds. The van der Waals surface area contributed by atoms with E-state index in [0.717, 1.165) is 61.4 Å². The van der Waals surface area contributed by atoms with E-state index in [-0.39, 0.29) is 17.5 Å². The number of methoxy groups -OCH3 is 1. The van der Waals surface area contributed by atoms with Gasteiger partial charge in [-0.2, -0.15) is 5.10 Å². The molecule has 0 unspecified atom stereocenters. The number of hydrogen-bond acceptors (Lipinski definition) is 5. The fourth-order valence-corrected chi connectivity index (χ4v) is 5.20. The second-order valence-corrected chi connectivity index (χ2v) is 10.3. The highest BCUT2D eigenvalue weighted by Gasteiger charge is 2.26. The van der Waals surface area contributed by atoms with E-state index in [2.05, 4.69) is 37.9 Å². The number of nitrogens with zero attached hydrogens (tertiary/aromatic N) is 5. The van der Waals surface area contributed by atoms with Crippen molar-refractivity contribution in [2.75, 3.05) is 27.2 Å². The van der Waals surface area contributed by atoms with Crippen LogP contribution in [0.5, 0.6) is 5.75 Å². The lowest BCUT2D eigenvalue weighted by Gasteiger charge is -2.30. The Hall–Kier alpha value is -3.72. The standard InChI is InChI=1S/C28H31FN6O2/c1-17-10-23(29)21(28(36)32-20-4-5-20)11-24(17)35-15-19(13-31-35)25-14-30-27-12-26(37-3)22(16-34(25)27)18-6-8-33(2)9-7-18/h10-16,18,20H,4-9H2,1-3H3,(H,32,36). The number of aryl methyl sites for hydroxylation is 1. The minimum Gasteiger partial charge on any atom is -0.496 e. The number of aromatic nitrogens is 4. The van der Waals surface area contributed by atoms with Gasteiger partial charge in [-0.1, -0.05) is 0 Å². The topological polar surface area (TPSA) is 76.7 Å². The average molecular weight is 503 g/mol. The number of halogens is 1. The summed E-state index contributed by atoms with van der Waals surface area (Å²) in [4.78, 5) is 19.6. The minimum atomic E-state index is -0.524. The number of benzene rings is 1. The third kappa shape index (κ3) is 4.48. The van der Waals surface area contributed by atoms with Crippen LogP contribution < -0.4 is 10.1 Å². The van der Waals surface area contributed by atoms with E-state index in [1.807, 2.05) is 25.4 Å². The van der Waals surface area contributed by atoms with Crippen LogP contribution in [0, 0.1) is 12.7 Å². The molecule has 4 aromatic rings. The number of hydrogen-bond donors (Lipinski definition) is 1. The van der Waals surface area contributed by atoms with E-state index in [1.165, 1.54) is 11.6 Å². The van der Waals surface area contributed by atoms with Gasteiger partial charge in [-0.25, -0.2) is 14.1 Å². The quantitative estimate of drug-likeness (QED) is 0.424. The fourth-order valence-electron chi connectivity index (χ4n) is 5.20. The number of amides is 1. The molecule has 192 valence electrons. The molecule has 3 aromatic heterocycles. The molecule has 0 radical (unpaired) electrons. The number of imidazole rings is 1. The molecule has 0 atom stereocenters. The summed E-state index contributed by atoms with van der Waals surface area (Å²) in [5, 5.41) is 7.43. The molecule has 1 aliphatic carbocycles. The lowest BCUT2D eigenvalue weighted by atomic mass is 9.90. The molecule has 1 aliphatic heterocycles. The van der Waals surface area contributed by atoms with Gasteiger partial charge in [-0.05, 0) is 76.4 Å². The average Bonchev–Trinajstić information content (AvgIpc) is 3.40. The number of piperidine rings is 1. The van der Waals surface area contributed by atoms with Gasteiger partial charge in [0.25, 0.3) is 5.91 Å². The summed E-state index contributed by atoms with van der Waals surface area (Å²) in [6.45, 7) is 3.94. The summed E-state index contributed by atoms with van der Waals surface area (Å²) < 4.78 is 24.2. The maximum absolute atomic E-state index is 14.6. The number of carbonyl (C=O) groups is 1. The SMILES string of the molecule is COc1cc2ncc(-c3cnn(-c4cc(C(=O)NC5CC5)c(F)cc4C)c3)n2cc1C1CCN(C)CC1.